The maximum atomic E-state index is 12.2. The molecule has 128 valence electrons. The quantitative estimate of drug-likeness (QED) is 0.691. The molecule has 4 nitrogen and oxygen atoms in total. The van der Waals surface area contributed by atoms with Crippen molar-refractivity contribution in [2.24, 2.45) is 0 Å². The Morgan fingerprint density at radius 1 is 0.875 bits per heavy atom. The van der Waals surface area contributed by atoms with E-state index in [0.717, 1.165) is 30.2 Å². The Kier molecular flexibility index (Phi) is 7.27. The van der Waals surface area contributed by atoms with E-state index in [2.05, 4.69) is 17.6 Å². The van der Waals surface area contributed by atoms with Gasteiger partial charge < -0.3 is 10.6 Å². The SMILES string of the molecule is CCCCCCNC(=O)CCNC(=O)c1ccc2ccccc2c1. The van der Waals surface area contributed by atoms with E-state index in [-0.39, 0.29) is 11.8 Å². The Balaban J connectivity index is 1.71. The van der Waals surface area contributed by atoms with Gasteiger partial charge in [-0.25, -0.2) is 0 Å². The van der Waals surface area contributed by atoms with Gasteiger partial charge in [0.2, 0.25) is 5.91 Å². The number of hydrogen-bond acceptors (Lipinski definition) is 2. The zero-order chi connectivity index (χ0) is 17.2. The minimum atomic E-state index is -0.142. The predicted molar refractivity (Wildman–Crippen MR) is 98.0 cm³/mol. The first-order chi connectivity index (χ1) is 11.7. The molecule has 0 aromatic heterocycles. The van der Waals surface area contributed by atoms with E-state index in [1.807, 2.05) is 42.5 Å². The molecule has 0 aliphatic heterocycles. The minimum absolute atomic E-state index is 0.00897. The third-order valence-electron chi connectivity index (χ3n) is 4.00. The highest BCUT2D eigenvalue weighted by atomic mass is 16.2. The average Bonchev–Trinajstić information content (AvgIpc) is 2.61. The summed E-state index contributed by atoms with van der Waals surface area (Å²) in [4.78, 5) is 23.9. The fourth-order valence-corrected chi connectivity index (χ4v) is 2.59. The lowest BCUT2D eigenvalue weighted by atomic mass is 10.1. The lowest BCUT2D eigenvalue weighted by Crippen LogP contribution is -2.31. The number of carbonyl (C=O) groups is 2. The Bertz CT molecular complexity index is 682. The van der Waals surface area contributed by atoms with Crippen molar-refractivity contribution < 1.29 is 9.59 Å². The number of hydrogen-bond donors (Lipinski definition) is 2. The molecule has 2 amide bonds. The molecule has 0 radical (unpaired) electrons. The van der Waals surface area contributed by atoms with Crippen molar-refractivity contribution in [3.8, 4) is 0 Å². The molecule has 0 bridgehead atoms. The summed E-state index contributed by atoms with van der Waals surface area (Å²) in [5, 5.41) is 7.84. The maximum Gasteiger partial charge on any atom is 0.251 e. The van der Waals surface area contributed by atoms with Crippen molar-refractivity contribution in [3.63, 3.8) is 0 Å². The van der Waals surface area contributed by atoms with Crippen LogP contribution in [0, 0.1) is 0 Å². The number of benzene rings is 2. The van der Waals surface area contributed by atoms with Crippen LogP contribution in [0.4, 0.5) is 0 Å². The largest absolute Gasteiger partial charge is 0.356 e. The van der Waals surface area contributed by atoms with Crippen molar-refractivity contribution >= 4 is 22.6 Å². The number of unbranched alkanes of at least 4 members (excludes halogenated alkanes) is 3. The van der Waals surface area contributed by atoms with Crippen LogP contribution in [0.3, 0.4) is 0 Å². The number of carbonyl (C=O) groups excluding carboxylic acids is 2. The van der Waals surface area contributed by atoms with Gasteiger partial charge in [-0.15, -0.1) is 0 Å². The molecule has 0 aliphatic rings. The van der Waals surface area contributed by atoms with E-state index in [1.54, 1.807) is 0 Å². The second-order valence-electron chi connectivity index (χ2n) is 5.98. The van der Waals surface area contributed by atoms with E-state index < -0.39 is 0 Å². The van der Waals surface area contributed by atoms with Gasteiger partial charge in [0.1, 0.15) is 0 Å². The topological polar surface area (TPSA) is 58.2 Å². The molecule has 0 saturated heterocycles. The van der Waals surface area contributed by atoms with Gasteiger partial charge in [-0.3, -0.25) is 9.59 Å². The first-order valence-electron chi connectivity index (χ1n) is 8.74. The zero-order valence-electron chi connectivity index (χ0n) is 14.3. The second kappa shape index (κ2) is 9.71. The molecule has 0 heterocycles. The molecule has 2 N–H and O–H groups in total. The number of amides is 2. The van der Waals surface area contributed by atoms with Crippen LogP contribution < -0.4 is 10.6 Å². The molecule has 4 heteroatoms. The van der Waals surface area contributed by atoms with Crippen molar-refractivity contribution in [1.29, 1.82) is 0 Å². The summed E-state index contributed by atoms with van der Waals surface area (Å²) < 4.78 is 0. The van der Waals surface area contributed by atoms with E-state index in [1.165, 1.54) is 12.8 Å². The third kappa shape index (κ3) is 5.69. The van der Waals surface area contributed by atoms with Crippen LogP contribution in [-0.4, -0.2) is 24.9 Å². The monoisotopic (exact) mass is 326 g/mol. The lowest BCUT2D eigenvalue weighted by Gasteiger charge is -2.07. The van der Waals surface area contributed by atoms with Crippen LogP contribution >= 0.6 is 0 Å². The summed E-state index contributed by atoms with van der Waals surface area (Å²) >= 11 is 0. The number of nitrogens with one attached hydrogen (secondary N) is 2. The number of fused-ring (bicyclic) bond motifs is 1. The Hall–Kier alpha value is -2.36. The Labute approximate surface area is 143 Å². The first-order valence-corrected chi connectivity index (χ1v) is 8.74. The highest BCUT2D eigenvalue weighted by Gasteiger charge is 2.07. The van der Waals surface area contributed by atoms with Gasteiger partial charge in [-0.1, -0.05) is 56.5 Å². The standard InChI is InChI=1S/C20H26N2O2/c1-2-3-4-7-13-21-19(23)12-14-22-20(24)18-11-10-16-8-5-6-9-17(16)15-18/h5-6,8-11,15H,2-4,7,12-14H2,1H3,(H,21,23)(H,22,24). The summed E-state index contributed by atoms with van der Waals surface area (Å²) in [5.41, 5.74) is 0.619. The molecular weight excluding hydrogens is 300 g/mol. The first kappa shape index (κ1) is 18.0. The van der Waals surface area contributed by atoms with Crippen LogP contribution in [0.15, 0.2) is 42.5 Å². The van der Waals surface area contributed by atoms with Gasteiger partial charge in [0.25, 0.3) is 5.91 Å². The van der Waals surface area contributed by atoms with Crippen LogP contribution in [0.5, 0.6) is 0 Å². The molecule has 0 spiro atoms. The average molecular weight is 326 g/mol. The molecule has 0 aliphatic carbocycles. The highest BCUT2D eigenvalue weighted by Crippen LogP contribution is 2.15. The van der Waals surface area contributed by atoms with Gasteiger partial charge in [0, 0.05) is 25.1 Å². The molecule has 2 rings (SSSR count). The summed E-state index contributed by atoms with van der Waals surface area (Å²) in [6.07, 6.45) is 4.87. The minimum Gasteiger partial charge on any atom is -0.356 e. The molecule has 0 saturated carbocycles. The lowest BCUT2D eigenvalue weighted by molar-refractivity contribution is -0.120. The van der Waals surface area contributed by atoms with Gasteiger partial charge >= 0.3 is 0 Å². The third-order valence-corrected chi connectivity index (χ3v) is 4.00. The summed E-state index contributed by atoms with van der Waals surface area (Å²) in [6.45, 7) is 3.24. The molecule has 24 heavy (non-hydrogen) atoms. The summed E-state index contributed by atoms with van der Waals surface area (Å²) in [6, 6.07) is 13.6. The molecule has 2 aromatic rings. The molecule has 2 aromatic carbocycles. The molecular formula is C20H26N2O2. The molecule has 0 unspecified atom stereocenters. The Morgan fingerprint density at radius 2 is 1.67 bits per heavy atom. The van der Waals surface area contributed by atoms with Crippen LogP contribution in [0.25, 0.3) is 10.8 Å². The van der Waals surface area contributed by atoms with E-state index >= 15 is 0 Å². The highest BCUT2D eigenvalue weighted by molar-refractivity contribution is 5.98. The van der Waals surface area contributed by atoms with Crippen LogP contribution in [0.2, 0.25) is 0 Å². The zero-order valence-corrected chi connectivity index (χ0v) is 14.3. The van der Waals surface area contributed by atoms with Crippen molar-refractivity contribution in [2.75, 3.05) is 13.1 Å². The molecule has 0 atom stereocenters. The van der Waals surface area contributed by atoms with Crippen molar-refractivity contribution in [3.05, 3.63) is 48.0 Å². The molecule has 0 fully saturated rings. The fraction of sp³-hybridized carbons (Fsp3) is 0.400. The Morgan fingerprint density at radius 3 is 2.46 bits per heavy atom. The number of rotatable bonds is 9. The van der Waals surface area contributed by atoms with E-state index in [4.69, 9.17) is 0 Å². The van der Waals surface area contributed by atoms with Crippen molar-refractivity contribution in [1.82, 2.24) is 10.6 Å². The smallest absolute Gasteiger partial charge is 0.251 e. The van der Waals surface area contributed by atoms with E-state index in [9.17, 15) is 9.59 Å². The predicted octanol–water partition coefficient (Wildman–Crippen LogP) is 3.66. The second-order valence-corrected chi connectivity index (χ2v) is 5.98. The van der Waals surface area contributed by atoms with E-state index in [0.29, 0.717) is 18.5 Å². The normalized spacial score (nSPS) is 10.5. The van der Waals surface area contributed by atoms with Gasteiger partial charge in [-0.05, 0) is 29.3 Å². The van der Waals surface area contributed by atoms with Crippen LogP contribution in [0.1, 0.15) is 49.4 Å². The van der Waals surface area contributed by atoms with Gasteiger partial charge in [-0.2, -0.15) is 0 Å². The van der Waals surface area contributed by atoms with Gasteiger partial charge in [0.15, 0.2) is 0 Å². The maximum absolute atomic E-state index is 12.2. The fourth-order valence-electron chi connectivity index (χ4n) is 2.59. The summed E-state index contributed by atoms with van der Waals surface area (Å²) in [5.74, 6) is -0.151. The van der Waals surface area contributed by atoms with Crippen LogP contribution in [-0.2, 0) is 4.79 Å². The van der Waals surface area contributed by atoms with Gasteiger partial charge in [0.05, 0.1) is 0 Å². The van der Waals surface area contributed by atoms with Crippen molar-refractivity contribution in [2.45, 2.75) is 39.0 Å². The summed E-state index contributed by atoms with van der Waals surface area (Å²) in [7, 11) is 0.